The number of carbonyl (C=O) groups is 1. The highest BCUT2D eigenvalue weighted by Gasteiger charge is 2.50. The molecule has 11 heteroatoms. The molecule has 2 aromatic rings. The lowest BCUT2D eigenvalue weighted by atomic mass is 9.94. The number of benzene rings is 2. The number of hydrazine groups is 1. The van der Waals surface area contributed by atoms with Gasteiger partial charge in [-0.2, -0.15) is 18.2 Å². The number of thioether (sulfide) groups is 1. The number of carbonyl (C=O) groups excluding carboxylic acids is 1. The first-order valence-corrected chi connectivity index (χ1v) is 11.8. The molecule has 0 bridgehead atoms. The predicted octanol–water partition coefficient (Wildman–Crippen LogP) is 4.45. The van der Waals surface area contributed by atoms with Crippen molar-refractivity contribution in [1.29, 1.82) is 0 Å². The zero-order valence-corrected chi connectivity index (χ0v) is 19.2. The van der Waals surface area contributed by atoms with E-state index in [4.69, 9.17) is 0 Å². The number of hydrogen-bond acceptors (Lipinski definition) is 6. The molecule has 1 fully saturated rings. The second kappa shape index (κ2) is 8.58. The van der Waals surface area contributed by atoms with E-state index in [-0.39, 0.29) is 0 Å². The predicted molar refractivity (Wildman–Crippen MR) is 120 cm³/mol. The van der Waals surface area contributed by atoms with Crippen LogP contribution in [0, 0.1) is 5.82 Å². The topological polar surface area (TPSA) is 67.2 Å². The molecule has 0 aromatic heterocycles. The summed E-state index contributed by atoms with van der Waals surface area (Å²) >= 11 is 1.29. The van der Waals surface area contributed by atoms with Crippen LogP contribution in [0.3, 0.4) is 0 Å². The lowest BCUT2D eigenvalue weighted by Gasteiger charge is -2.50. The Morgan fingerprint density at radius 1 is 1.11 bits per heavy atom. The second-order valence-corrected chi connectivity index (χ2v) is 9.47. The first-order valence-electron chi connectivity index (χ1n) is 10.8. The van der Waals surface area contributed by atoms with Crippen molar-refractivity contribution in [3.63, 3.8) is 0 Å². The molecule has 3 heterocycles. The van der Waals surface area contributed by atoms with Crippen LogP contribution in [0.1, 0.15) is 29.7 Å². The van der Waals surface area contributed by atoms with Crippen molar-refractivity contribution < 1.29 is 32.6 Å². The Morgan fingerprint density at radius 2 is 1.83 bits per heavy atom. The minimum atomic E-state index is -4.73. The van der Waals surface area contributed by atoms with Crippen LogP contribution in [-0.2, 0) is 10.5 Å². The highest BCUT2D eigenvalue weighted by molar-refractivity contribution is 7.98. The molecule has 5 rings (SSSR count). The SMILES string of the molecule is CC(N1CN(C2c3ccccc3CSc3c(F)cccc32)N2C=CC(O)C(O)=C2C1=O)C(F)(F)F. The molecule has 0 spiro atoms. The molecule has 3 aliphatic heterocycles. The summed E-state index contributed by atoms with van der Waals surface area (Å²) in [6, 6.07) is 8.91. The first kappa shape index (κ1) is 23.7. The number of alkyl halides is 3. The number of hydrogen-bond donors (Lipinski definition) is 2. The molecule has 6 nitrogen and oxygen atoms in total. The van der Waals surface area contributed by atoms with Gasteiger partial charge in [-0.15, -0.1) is 11.8 Å². The molecule has 3 unspecified atom stereocenters. The molecule has 0 aliphatic carbocycles. The fraction of sp³-hybridized carbons (Fsp3) is 0.292. The molecule has 0 saturated carbocycles. The maximum Gasteiger partial charge on any atom is 0.408 e. The normalized spacial score (nSPS) is 23.5. The number of halogens is 4. The number of amides is 1. The van der Waals surface area contributed by atoms with Crippen LogP contribution in [0.25, 0.3) is 0 Å². The lowest BCUT2D eigenvalue weighted by molar-refractivity contribution is -0.204. The third-order valence-corrected chi connectivity index (χ3v) is 7.63. The van der Waals surface area contributed by atoms with E-state index >= 15 is 0 Å². The Morgan fingerprint density at radius 3 is 2.57 bits per heavy atom. The van der Waals surface area contributed by atoms with Crippen molar-refractivity contribution >= 4 is 17.7 Å². The standard InChI is InChI=1S/C24H21F4N3O3S/c1-13(24(26,27)28)29-12-31(30-10-9-18(32)21(33)20(30)23(29)34)19-15-6-3-2-5-14(15)11-35-22-16(19)7-4-8-17(22)25/h2-10,13,18-19,32-33H,11-12H2,1H3. The summed E-state index contributed by atoms with van der Waals surface area (Å²) in [6.07, 6.45) is -3.71. The van der Waals surface area contributed by atoms with E-state index < -0.39 is 54.2 Å². The zero-order chi connectivity index (χ0) is 25.1. The van der Waals surface area contributed by atoms with Gasteiger partial charge in [0.05, 0.1) is 12.7 Å². The molecule has 2 N–H and O–H groups in total. The third-order valence-electron chi connectivity index (χ3n) is 6.45. The van der Waals surface area contributed by atoms with Gasteiger partial charge in [0.2, 0.25) is 0 Å². The minimum Gasteiger partial charge on any atom is -0.507 e. The van der Waals surface area contributed by atoms with Gasteiger partial charge >= 0.3 is 6.18 Å². The van der Waals surface area contributed by atoms with Gasteiger partial charge in [0.25, 0.3) is 5.91 Å². The summed E-state index contributed by atoms with van der Waals surface area (Å²) in [7, 11) is 0. The number of rotatable bonds is 2. The molecule has 0 radical (unpaired) electrons. The number of aliphatic hydroxyl groups is 2. The van der Waals surface area contributed by atoms with Crippen molar-refractivity contribution in [2.45, 2.75) is 41.9 Å². The van der Waals surface area contributed by atoms with E-state index in [1.807, 2.05) is 18.2 Å². The third kappa shape index (κ3) is 3.87. The zero-order valence-electron chi connectivity index (χ0n) is 18.4. The summed E-state index contributed by atoms with van der Waals surface area (Å²) in [5.41, 5.74) is 1.64. The lowest BCUT2D eigenvalue weighted by Crippen LogP contribution is -2.62. The largest absolute Gasteiger partial charge is 0.507 e. The fourth-order valence-electron chi connectivity index (χ4n) is 4.58. The van der Waals surface area contributed by atoms with Crippen LogP contribution < -0.4 is 0 Å². The van der Waals surface area contributed by atoms with Crippen molar-refractivity contribution in [3.05, 3.63) is 88.7 Å². The van der Waals surface area contributed by atoms with Gasteiger partial charge in [-0.1, -0.05) is 36.4 Å². The second-order valence-electron chi connectivity index (χ2n) is 8.49. The molecule has 1 saturated heterocycles. The Balaban J connectivity index is 1.73. The van der Waals surface area contributed by atoms with Crippen LogP contribution in [0.4, 0.5) is 17.6 Å². The van der Waals surface area contributed by atoms with Gasteiger partial charge in [0.15, 0.2) is 11.5 Å². The number of fused-ring (bicyclic) bond motifs is 3. The quantitative estimate of drug-likeness (QED) is 0.586. The van der Waals surface area contributed by atoms with Crippen molar-refractivity contribution in [1.82, 2.24) is 14.9 Å². The molecule has 3 aliphatic rings. The van der Waals surface area contributed by atoms with E-state index in [1.165, 1.54) is 46.2 Å². The van der Waals surface area contributed by atoms with E-state index in [9.17, 15) is 32.6 Å². The highest BCUT2D eigenvalue weighted by atomic mass is 32.2. The Hall–Kier alpha value is -3.02. The Kier molecular flexibility index (Phi) is 5.81. The van der Waals surface area contributed by atoms with E-state index in [0.717, 1.165) is 18.1 Å². The Labute approximate surface area is 202 Å². The maximum absolute atomic E-state index is 14.9. The fourth-order valence-corrected chi connectivity index (χ4v) is 5.69. The summed E-state index contributed by atoms with van der Waals surface area (Å²) in [5.74, 6) is -1.83. The van der Waals surface area contributed by atoms with Crippen LogP contribution >= 0.6 is 11.8 Å². The van der Waals surface area contributed by atoms with Crippen LogP contribution in [0.2, 0.25) is 0 Å². The average Bonchev–Trinajstić information content (AvgIpc) is 2.98. The van der Waals surface area contributed by atoms with Crippen molar-refractivity contribution in [2.75, 3.05) is 6.67 Å². The maximum atomic E-state index is 14.9. The molecule has 1 amide bonds. The smallest absolute Gasteiger partial charge is 0.408 e. The highest BCUT2D eigenvalue weighted by Crippen LogP contribution is 2.46. The number of aliphatic hydroxyl groups excluding tert-OH is 2. The van der Waals surface area contributed by atoms with Crippen molar-refractivity contribution in [2.24, 2.45) is 0 Å². The van der Waals surface area contributed by atoms with Crippen LogP contribution in [-0.4, -0.2) is 56.0 Å². The molecule has 35 heavy (non-hydrogen) atoms. The summed E-state index contributed by atoms with van der Waals surface area (Å²) < 4.78 is 56.2. The van der Waals surface area contributed by atoms with Crippen molar-refractivity contribution in [3.8, 4) is 0 Å². The van der Waals surface area contributed by atoms with Gasteiger partial charge in [0.1, 0.15) is 18.0 Å². The van der Waals surface area contributed by atoms with E-state index in [2.05, 4.69) is 0 Å². The molecular formula is C24H21F4N3O3S. The molecule has 3 atom stereocenters. The summed E-state index contributed by atoms with van der Waals surface area (Å²) in [6.45, 7) is 0.374. The molecule has 184 valence electrons. The number of nitrogens with zero attached hydrogens (tertiary/aromatic N) is 3. The van der Waals surface area contributed by atoms with Crippen LogP contribution in [0.5, 0.6) is 0 Å². The molecular weight excluding hydrogens is 486 g/mol. The first-order chi connectivity index (χ1) is 16.6. The van der Waals surface area contributed by atoms with Gasteiger partial charge < -0.3 is 15.1 Å². The molecule has 2 aromatic carbocycles. The van der Waals surface area contributed by atoms with Crippen LogP contribution in [0.15, 0.2) is 71.1 Å². The van der Waals surface area contributed by atoms with E-state index in [0.29, 0.717) is 21.1 Å². The average molecular weight is 508 g/mol. The minimum absolute atomic E-state index is 0.358. The summed E-state index contributed by atoms with van der Waals surface area (Å²) in [4.78, 5) is 14.1. The summed E-state index contributed by atoms with van der Waals surface area (Å²) in [5, 5.41) is 23.4. The monoisotopic (exact) mass is 507 g/mol. The van der Waals surface area contributed by atoms with Gasteiger partial charge in [0, 0.05) is 16.8 Å². The van der Waals surface area contributed by atoms with Gasteiger partial charge in [-0.3, -0.25) is 9.80 Å². The Bertz CT molecular complexity index is 1250. The van der Waals surface area contributed by atoms with Gasteiger partial charge in [-0.25, -0.2) is 4.39 Å². The van der Waals surface area contributed by atoms with Gasteiger partial charge in [-0.05, 0) is 35.8 Å². The van der Waals surface area contributed by atoms with E-state index in [1.54, 1.807) is 12.1 Å².